The number of nitrogens with two attached hydrogens (primary N) is 1. The molecule has 2 aromatic carbocycles. The minimum Gasteiger partial charge on any atom is -0.399 e. The van der Waals surface area contributed by atoms with Crippen LogP contribution in [0.25, 0.3) is 0 Å². The highest BCUT2D eigenvalue weighted by Gasteiger charge is 2.17. The van der Waals surface area contributed by atoms with Gasteiger partial charge in [-0.05, 0) is 36.4 Å². The minimum absolute atomic E-state index is 0.820. The molecule has 0 aromatic heterocycles. The lowest BCUT2D eigenvalue weighted by Crippen LogP contribution is -2.46. The molecule has 1 aliphatic rings. The Balaban J connectivity index is 1.64. The van der Waals surface area contributed by atoms with Gasteiger partial charge in [-0.2, -0.15) is 0 Å². The van der Waals surface area contributed by atoms with Crippen LogP contribution in [0.1, 0.15) is 0 Å². The van der Waals surface area contributed by atoms with Gasteiger partial charge in [-0.1, -0.05) is 0 Å². The fourth-order valence-corrected chi connectivity index (χ4v) is 2.61. The maximum atomic E-state index is 5.73. The molecule has 5 N–H and O–H groups in total. The number of hydrogen-bond donors (Lipinski definition) is 2. The number of nitrogen functional groups attached to an aromatic ring is 1. The van der Waals surface area contributed by atoms with Crippen LogP contribution in [0.3, 0.4) is 0 Å². The van der Waals surface area contributed by atoms with Gasteiger partial charge in [-0.3, -0.25) is 0 Å². The van der Waals surface area contributed by atoms with Crippen LogP contribution < -0.4 is 21.3 Å². The Kier molecular flexibility index (Phi) is 3.48. The Labute approximate surface area is 119 Å². The molecule has 0 aliphatic carbocycles. The maximum Gasteiger partial charge on any atom is 0.128 e. The van der Waals surface area contributed by atoms with Gasteiger partial charge < -0.3 is 21.3 Å². The average molecular weight is 269 g/mol. The highest BCUT2D eigenvalue weighted by molar-refractivity contribution is 5.56. The molecule has 104 valence electrons. The zero-order valence-corrected chi connectivity index (χ0v) is 11.6. The van der Waals surface area contributed by atoms with Crippen LogP contribution in [0.15, 0.2) is 48.5 Å². The molecule has 4 heteroatoms. The van der Waals surface area contributed by atoms with Gasteiger partial charge in [0.2, 0.25) is 0 Å². The molecule has 1 aliphatic heterocycles. The number of hydrogen-bond acceptors (Lipinski definition) is 3. The summed E-state index contributed by atoms with van der Waals surface area (Å²) in [6, 6.07) is 16.6. The molecule has 1 saturated heterocycles. The normalized spacial score (nSPS) is 15.4. The Morgan fingerprint density at radius 1 is 0.700 bits per heavy atom. The summed E-state index contributed by atoms with van der Waals surface area (Å²) in [5, 5.41) is 0. The van der Waals surface area contributed by atoms with E-state index < -0.39 is 0 Å². The summed E-state index contributed by atoms with van der Waals surface area (Å²) in [7, 11) is 0. The van der Waals surface area contributed by atoms with Crippen molar-refractivity contribution >= 4 is 22.7 Å². The Morgan fingerprint density at radius 3 is 1.55 bits per heavy atom. The molecule has 2 aromatic rings. The van der Waals surface area contributed by atoms with Crippen molar-refractivity contribution in [3.63, 3.8) is 0 Å². The molecule has 4 nitrogen and oxygen atoms in total. The smallest absolute Gasteiger partial charge is 0.128 e. The van der Waals surface area contributed by atoms with Crippen molar-refractivity contribution in [2.75, 3.05) is 41.7 Å². The lowest BCUT2D eigenvalue weighted by atomic mass is 10.2. The first-order valence-electron chi connectivity index (χ1n) is 7.00. The van der Waals surface area contributed by atoms with Gasteiger partial charge >= 0.3 is 0 Å². The molecule has 0 spiro atoms. The molecule has 0 radical (unpaired) electrons. The van der Waals surface area contributed by atoms with Crippen molar-refractivity contribution in [1.82, 2.24) is 0 Å². The third-order valence-corrected chi connectivity index (χ3v) is 3.84. The average Bonchev–Trinajstić information content (AvgIpc) is 2.49. The van der Waals surface area contributed by atoms with Gasteiger partial charge in [0, 0.05) is 55.4 Å². The molecule has 1 heterocycles. The fraction of sp³-hybridized carbons (Fsp3) is 0.250. The topological polar surface area (TPSA) is 60.1 Å². The zero-order valence-electron chi connectivity index (χ0n) is 11.6. The third kappa shape index (κ3) is 2.70. The van der Waals surface area contributed by atoms with E-state index in [2.05, 4.69) is 51.9 Å². The van der Waals surface area contributed by atoms with Crippen molar-refractivity contribution < 1.29 is 5.73 Å². The molecule has 0 amide bonds. The van der Waals surface area contributed by atoms with Crippen molar-refractivity contribution in [3.8, 4) is 0 Å². The lowest BCUT2D eigenvalue weighted by Gasteiger charge is -2.37. The SMILES string of the molecule is Nc1ccc(N2CCN(c3ccc([NH3+])cc3)CC2)cc1. The number of rotatable bonds is 2. The quantitative estimate of drug-likeness (QED) is 0.812. The first kappa shape index (κ1) is 12.8. The molecule has 0 bridgehead atoms. The highest BCUT2D eigenvalue weighted by atomic mass is 15.3. The van der Waals surface area contributed by atoms with Crippen molar-refractivity contribution in [2.24, 2.45) is 0 Å². The number of piperazine rings is 1. The largest absolute Gasteiger partial charge is 0.399 e. The van der Waals surface area contributed by atoms with Gasteiger partial charge in [0.25, 0.3) is 0 Å². The Morgan fingerprint density at radius 2 is 1.10 bits per heavy atom. The summed E-state index contributed by atoms with van der Waals surface area (Å²) in [4.78, 5) is 4.83. The minimum atomic E-state index is 0.820. The Bertz CT molecular complexity index is 501. The van der Waals surface area contributed by atoms with Crippen LogP contribution in [-0.2, 0) is 0 Å². The Hall–Kier alpha value is -2.20. The van der Waals surface area contributed by atoms with E-state index in [1.165, 1.54) is 11.4 Å². The van der Waals surface area contributed by atoms with Gasteiger partial charge in [0.05, 0.1) is 0 Å². The standard InChI is InChI=1S/C16H20N4/c17-13-1-5-15(6-2-13)19-9-11-20(12-10-19)16-7-3-14(18)4-8-16/h1-8H,9-12,17-18H2/p+1. The van der Waals surface area contributed by atoms with Crippen molar-refractivity contribution in [1.29, 1.82) is 0 Å². The second kappa shape index (κ2) is 5.43. The number of anilines is 3. The monoisotopic (exact) mass is 269 g/mol. The molecule has 0 unspecified atom stereocenters. The lowest BCUT2D eigenvalue weighted by molar-refractivity contribution is -0.254. The van der Waals surface area contributed by atoms with Gasteiger partial charge in [-0.25, -0.2) is 0 Å². The van der Waals surface area contributed by atoms with Gasteiger partial charge in [-0.15, -0.1) is 0 Å². The van der Waals surface area contributed by atoms with Crippen LogP contribution >= 0.6 is 0 Å². The van der Waals surface area contributed by atoms with E-state index in [-0.39, 0.29) is 0 Å². The summed E-state index contributed by atoms with van der Waals surface area (Å²) in [5.41, 5.74) is 14.1. The maximum absolute atomic E-state index is 5.73. The molecular formula is C16H21N4+. The van der Waals surface area contributed by atoms with Crippen LogP contribution in [-0.4, -0.2) is 26.2 Å². The molecule has 1 fully saturated rings. The van der Waals surface area contributed by atoms with E-state index in [1.807, 2.05) is 12.1 Å². The van der Waals surface area contributed by atoms with Crippen LogP contribution in [0.4, 0.5) is 22.7 Å². The van der Waals surface area contributed by atoms with Gasteiger partial charge in [0.1, 0.15) is 5.69 Å². The van der Waals surface area contributed by atoms with E-state index in [0.29, 0.717) is 0 Å². The predicted molar refractivity (Wildman–Crippen MR) is 84.3 cm³/mol. The summed E-state index contributed by atoms with van der Waals surface area (Å²) in [6.07, 6.45) is 0. The number of benzene rings is 2. The van der Waals surface area contributed by atoms with Crippen LogP contribution in [0, 0.1) is 0 Å². The van der Waals surface area contributed by atoms with E-state index in [4.69, 9.17) is 5.73 Å². The second-order valence-corrected chi connectivity index (χ2v) is 5.23. The predicted octanol–water partition coefficient (Wildman–Crippen LogP) is 1.47. The van der Waals surface area contributed by atoms with E-state index >= 15 is 0 Å². The molecule has 3 rings (SSSR count). The first-order chi connectivity index (χ1) is 9.72. The highest BCUT2D eigenvalue weighted by Crippen LogP contribution is 2.21. The number of quaternary nitrogens is 1. The van der Waals surface area contributed by atoms with E-state index in [0.717, 1.165) is 37.6 Å². The van der Waals surface area contributed by atoms with Gasteiger partial charge in [0.15, 0.2) is 0 Å². The van der Waals surface area contributed by atoms with Crippen molar-refractivity contribution in [2.45, 2.75) is 0 Å². The zero-order chi connectivity index (χ0) is 13.9. The summed E-state index contributed by atoms with van der Waals surface area (Å²) >= 11 is 0. The summed E-state index contributed by atoms with van der Waals surface area (Å²) < 4.78 is 0. The summed E-state index contributed by atoms with van der Waals surface area (Å²) in [5.74, 6) is 0. The third-order valence-electron chi connectivity index (χ3n) is 3.84. The van der Waals surface area contributed by atoms with Crippen LogP contribution in [0.2, 0.25) is 0 Å². The molecule has 20 heavy (non-hydrogen) atoms. The molecular weight excluding hydrogens is 248 g/mol. The fourth-order valence-electron chi connectivity index (χ4n) is 2.61. The molecule has 0 atom stereocenters. The molecule has 0 saturated carbocycles. The van der Waals surface area contributed by atoms with Crippen molar-refractivity contribution in [3.05, 3.63) is 48.5 Å². The van der Waals surface area contributed by atoms with Crippen LogP contribution in [0.5, 0.6) is 0 Å². The summed E-state index contributed by atoms with van der Waals surface area (Å²) in [6.45, 7) is 4.16. The van der Waals surface area contributed by atoms with E-state index in [1.54, 1.807) is 0 Å². The van der Waals surface area contributed by atoms with E-state index in [9.17, 15) is 0 Å². The first-order valence-corrected chi connectivity index (χ1v) is 7.00. The second-order valence-electron chi connectivity index (χ2n) is 5.23. The number of nitrogens with zero attached hydrogens (tertiary/aromatic N) is 2.